The van der Waals surface area contributed by atoms with E-state index in [9.17, 15) is 14.0 Å². The van der Waals surface area contributed by atoms with Crippen molar-refractivity contribution in [2.45, 2.75) is 31.6 Å². The van der Waals surface area contributed by atoms with Crippen LogP contribution >= 0.6 is 11.6 Å². The summed E-state index contributed by atoms with van der Waals surface area (Å²) in [6, 6.07) is 4.09. The van der Waals surface area contributed by atoms with Gasteiger partial charge < -0.3 is 4.74 Å². The Morgan fingerprint density at radius 1 is 1.19 bits per heavy atom. The van der Waals surface area contributed by atoms with Gasteiger partial charge in [0, 0.05) is 5.02 Å². The molecule has 3 fully saturated rings. The highest BCUT2D eigenvalue weighted by atomic mass is 35.5. The van der Waals surface area contributed by atoms with Crippen LogP contribution in [0.2, 0.25) is 5.02 Å². The van der Waals surface area contributed by atoms with Crippen molar-refractivity contribution in [1.29, 1.82) is 0 Å². The number of carbonyl (C=O) groups excluding carboxylic acids is 2. The number of rotatable bonds is 3. The van der Waals surface area contributed by atoms with Gasteiger partial charge in [-0.05, 0) is 30.5 Å². The number of fused-ring (bicyclic) bond motifs is 5. The Morgan fingerprint density at radius 3 is 2.54 bits per heavy atom. The smallest absolute Gasteiger partial charge is 0.258 e. The predicted octanol–water partition coefficient (Wildman–Crippen LogP) is 1.79. The highest BCUT2D eigenvalue weighted by molar-refractivity contribution is 6.31. The van der Waals surface area contributed by atoms with Crippen molar-refractivity contribution in [3.63, 3.8) is 0 Å². The van der Waals surface area contributed by atoms with Crippen LogP contribution in [0.3, 0.4) is 0 Å². The topological polar surface area (TPSA) is 77.3 Å². The van der Waals surface area contributed by atoms with Gasteiger partial charge >= 0.3 is 0 Å². The maximum Gasteiger partial charge on any atom is 0.258 e. The maximum absolute atomic E-state index is 13.2. The quantitative estimate of drug-likeness (QED) is 0.763. The second-order valence-electron chi connectivity index (χ2n) is 6.83. The van der Waals surface area contributed by atoms with E-state index in [0.717, 1.165) is 17.7 Å². The summed E-state index contributed by atoms with van der Waals surface area (Å²) in [6.07, 6.45) is 2.69. The van der Waals surface area contributed by atoms with Crippen LogP contribution in [0.25, 0.3) is 0 Å². The summed E-state index contributed by atoms with van der Waals surface area (Å²) in [7, 11) is 0. The van der Waals surface area contributed by atoms with Crippen LogP contribution in [0.15, 0.2) is 24.5 Å². The number of carbonyl (C=O) groups is 2. The van der Waals surface area contributed by atoms with Gasteiger partial charge in [-0.25, -0.2) is 14.0 Å². The minimum atomic E-state index is -0.422. The molecular weight excluding hydrogens is 363 g/mol. The van der Waals surface area contributed by atoms with E-state index in [-0.39, 0.29) is 41.5 Å². The summed E-state index contributed by atoms with van der Waals surface area (Å²) in [5.74, 6) is -1.77. The van der Waals surface area contributed by atoms with Gasteiger partial charge in [-0.15, -0.1) is 5.10 Å². The van der Waals surface area contributed by atoms with Crippen LogP contribution < -0.4 is 4.90 Å². The number of amides is 2. The number of imide groups is 1. The van der Waals surface area contributed by atoms with E-state index < -0.39 is 17.7 Å². The van der Waals surface area contributed by atoms with Gasteiger partial charge in [-0.3, -0.25) is 9.59 Å². The van der Waals surface area contributed by atoms with Crippen LogP contribution in [-0.2, 0) is 20.9 Å². The number of hydrogen-bond acceptors (Lipinski definition) is 5. The Hall–Kier alpha value is -2.32. The van der Waals surface area contributed by atoms with Crippen molar-refractivity contribution in [1.82, 2.24) is 14.8 Å². The van der Waals surface area contributed by atoms with E-state index in [1.165, 1.54) is 23.1 Å². The average Bonchev–Trinajstić information content (AvgIpc) is 3.35. The predicted molar refractivity (Wildman–Crippen MR) is 87.9 cm³/mol. The Labute approximate surface area is 152 Å². The minimum Gasteiger partial charge on any atom is -0.373 e. The molecule has 0 radical (unpaired) electrons. The fraction of sp³-hybridized carbons (Fsp3) is 0.412. The first kappa shape index (κ1) is 15.9. The normalized spacial score (nSPS) is 29.7. The second-order valence-corrected chi connectivity index (χ2v) is 7.24. The number of anilines is 1. The Kier molecular flexibility index (Phi) is 3.42. The van der Waals surface area contributed by atoms with Crippen molar-refractivity contribution in [3.8, 4) is 0 Å². The van der Waals surface area contributed by atoms with Crippen LogP contribution in [-0.4, -0.2) is 38.8 Å². The zero-order chi connectivity index (χ0) is 18.0. The SMILES string of the molecule is O=C1[C@@H]2[C@@H](C(=O)N1c1ncn(Cc3ccc(F)cc3Cl)n1)[C@H]1CC[C@@H]2O1. The standard InChI is InChI=1S/C17H14ClFN4O3/c18-10-5-9(19)2-1-8(10)6-22-7-20-17(21-22)23-15(24)13-11-3-4-12(26-11)14(13)16(23)25/h1-2,5,7,11-14H,3-4,6H2/t11-,12+,13-,14-/m0/s1. The lowest BCUT2D eigenvalue weighted by Gasteiger charge is -2.14. The van der Waals surface area contributed by atoms with Crippen LogP contribution in [0.1, 0.15) is 18.4 Å². The fourth-order valence-electron chi connectivity index (χ4n) is 4.20. The highest BCUT2D eigenvalue weighted by Crippen LogP contribution is 2.48. The summed E-state index contributed by atoms with van der Waals surface area (Å²) in [4.78, 5) is 30.6. The molecule has 4 heterocycles. The zero-order valence-electron chi connectivity index (χ0n) is 13.5. The number of aromatic nitrogens is 3. The molecule has 3 aliphatic rings. The fourth-order valence-corrected chi connectivity index (χ4v) is 4.42. The van der Waals surface area contributed by atoms with Crippen molar-refractivity contribution in [2.24, 2.45) is 11.8 Å². The molecule has 1 aromatic carbocycles. The van der Waals surface area contributed by atoms with Gasteiger partial charge in [0.25, 0.3) is 5.95 Å². The average molecular weight is 377 g/mol. The molecule has 7 nitrogen and oxygen atoms in total. The number of halogens is 2. The van der Waals surface area contributed by atoms with Crippen LogP contribution in [0, 0.1) is 17.7 Å². The molecule has 2 bridgehead atoms. The van der Waals surface area contributed by atoms with E-state index in [1.807, 2.05) is 0 Å². The lowest BCUT2D eigenvalue weighted by molar-refractivity contribution is -0.124. The Bertz CT molecular complexity index is 904. The molecule has 3 aliphatic heterocycles. The molecule has 0 N–H and O–H groups in total. The Morgan fingerprint density at radius 2 is 1.88 bits per heavy atom. The third-order valence-electron chi connectivity index (χ3n) is 5.36. The van der Waals surface area contributed by atoms with Gasteiger partial charge in [-0.1, -0.05) is 17.7 Å². The van der Waals surface area contributed by atoms with Crippen LogP contribution in [0.4, 0.5) is 10.3 Å². The van der Waals surface area contributed by atoms with Crippen LogP contribution in [0.5, 0.6) is 0 Å². The van der Waals surface area contributed by atoms with Crippen molar-refractivity contribution in [3.05, 3.63) is 40.9 Å². The molecule has 134 valence electrons. The van der Waals surface area contributed by atoms with Crippen molar-refractivity contribution in [2.75, 3.05) is 4.90 Å². The molecular formula is C17H14ClFN4O3. The van der Waals surface area contributed by atoms with Gasteiger partial charge in [0.15, 0.2) is 0 Å². The Balaban J connectivity index is 1.40. The first-order valence-electron chi connectivity index (χ1n) is 8.39. The largest absolute Gasteiger partial charge is 0.373 e. The monoisotopic (exact) mass is 376 g/mol. The first-order valence-corrected chi connectivity index (χ1v) is 8.77. The molecule has 3 saturated heterocycles. The first-order chi connectivity index (χ1) is 12.5. The van der Waals surface area contributed by atoms with Gasteiger partial charge in [0.05, 0.1) is 30.6 Å². The van der Waals surface area contributed by atoms with Gasteiger partial charge in [0.1, 0.15) is 12.1 Å². The van der Waals surface area contributed by atoms with E-state index in [0.29, 0.717) is 5.56 Å². The molecule has 0 unspecified atom stereocenters. The third-order valence-corrected chi connectivity index (χ3v) is 5.71. The van der Waals surface area contributed by atoms with E-state index in [4.69, 9.17) is 16.3 Å². The van der Waals surface area contributed by atoms with Gasteiger partial charge in [0.2, 0.25) is 11.8 Å². The second kappa shape index (κ2) is 5.59. The summed E-state index contributed by atoms with van der Waals surface area (Å²) in [5, 5.41) is 4.52. The minimum absolute atomic E-state index is 0.0621. The number of hydrogen-bond donors (Lipinski definition) is 0. The maximum atomic E-state index is 13.2. The molecule has 5 rings (SSSR count). The summed E-state index contributed by atoms with van der Waals surface area (Å²) >= 11 is 6.03. The van der Waals surface area contributed by atoms with E-state index in [2.05, 4.69) is 10.1 Å². The number of ether oxygens (including phenoxy) is 1. The van der Waals surface area contributed by atoms with E-state index in [1.54, 1.807) is 6.07 Å². The van der Waals surface area contributed by atoms with Gasteiger partial charge in [-0.2, -0.15) is 4.98 Å². The van der Waals surface area contributed by atoms with Crippen molar-refractivity contribution < 1.29 is 18.7 Å². The molecule has 9 heteroatoms. The number of nitrogens with zero attached hydrogens (tertiary/aromatic N) is 4. The third kappa shape index (κ3) is 2.22. The number of benzene rings is 1. The molecule has 2 aromatic rings. The molecule has 26 heavy (non-hydrogen) atoms. The summed E-state index contributed by atoms with van der Waals surface area (Å²) < 4.78 is 20.3. The summed E-state index contributed by atoms with van der Waals surface area (Å²) in [6.45, 7) is 0.254. The zero-order valence-corrected chi connectivity index (χ0v) is 14.3. The molecule has 0 aliphatic carbocycles. The molecule has 0 spiro atoms. The molecule has 1 aromatic heterocycles. The van der Waals surface area contributed by atoms with Crippen molar-refractivity contribution >= 4 is 29.4 Å². The highest BCUT2D eigenvalue weighted by Gasteiger charge is 2.63. The van der Waals surface area contributed by atoms with E-state index >= 15 is 0 Å². The molecule has 2 amide bonds. The molecule has 0 saturated carbocycles. The lowest BCUT2D eigenvalue weighted by Crippen LogP contribution is -2.35. The lowest BCUT2D eigenvalue weighted by atomic mass is 9.81. The molecule has 4 atom stereocenters. The summed E-state index contributed by atoms with van der Waals surface area (Å²) in [5.41, 5.74) is 0.659.